The van der Waals surface area contributed by atoms with Crippen LogP contribution in [0.15, 0.2) is 17.4 Å². The van der Waals surface area contributed by atoms with Gasteiger partial charge in [0.2, 0.25) is 0 Å². The second kappa shape index (κ2) is 7.63. The monoisotopic (exact) mass is 152 g/mol. The number of hydrogen-bond donors (Lipinski definition) is 0. The minimum Gasteiger partial charge on any atom is -0.126 e. The first-order valence-corrected chi connectivity index (χ1v) is 4.78. The molecule has 0 saturated heterocycles. The number of hydrogen-bond acceptors (Lipinski definition) is 0. The Labute approximate surface area is 71.0 Å². The van der Waals surface area contributed by atoms with Crippen molar-refractivity contribution in [1.29, 1.82) is 0 Å². The van der Waals surface area contributed by atoms with Crippen LogP contribution in [0.4, 0.5) is 0 Å². The first kappa shape index (κ1) is 10.5. The summed E-state index contributed by atoms with van der Waals surface area (Å²) in [6.45, 7) is 6.61. The molecule has 64 valence electrons. The van der Waals surface area contributed by atoms with Crippen molar-refractivity contribution in [3.05, 3.63) is 17.4 Å². The largest absolute Gasteiger partial charge is 0.126 e. The lowest BCUT2D eigenvalue weighted by molar-refractivity contribution is 0.805. The van der Waals surface area contributed by atoms with Gasteiger partial charge in [0, 0.05) is 0 Å². The Morgan fingerprint density at radius 2 is 1.64 bits per heavy atom. The maximum Gasteiger partial charge on any atom is -0.0247 e. The van der Waals surface area contributed by atoms with Gasteiger partial charge in [0.25, 0.3) is 0 Å². The van der Waals surface area contributed by atoms with E-state index in [2.05, 4.69) is 32.6 Å². The fraction of sp³-hybridized carbons (Fsp3) is 0.727. The van der Waals surface area contributed by atoms with Gasteiger partial charge >= 0.3 is 0 Å². The van der Waals surface area contributed by atoms with Crippen molar-refractivity contribution < 1.29 is 0 Å². The lowest BCUT2D eigenvalue weighted by atomic mass is 10.1. The molecule has 0 atom stereocenters. The Bertz CT molecular complexity index is 128. The Hall–Kier alpha value is -0.480. The number of allylic oxidation sites excluding steroid dienone is 1. The first-order chi connectivity index (χ1) is 5.35. The lowest BCUT2D eigenvalue weighted by Crippen LogP contribution is -1.79. The van der Waals surface area contributed by atoms with Crippen molar-refractivity contribution in [2.75, 3.05) is 0 Å². The van der Waals surface area contributed by atoms with Crippen LogP contribution in [0.5, 0.6) is 0 Å². The molecule has 0 aromatic rings. The highest BCUT2D eigenvalue weighted by Crippen LogP contribution is 2.09. The Morgan fingerprint density at radius 3 is 2.00 bits per heavy atom. The molecule has 0 rings (SSSR count). The highest BCUT2D eigenvalue weighted by Gasteiger charge is 1.91. The molecule has 0 N–H and O–H groups in total. The predicted octanol–water partition coefficient (Wildman–Crippen LogP) is 4.08. The third-order valence-corrected chi connectivity index (χ3v) is 1.61. The molecule has 0 aromatic carbocycles. The molecular weight excluding hydrogens is 132 g/mol. The van der Waals surface area contributed by atoms with E-state index in [4.69, 9.17) is 0 Å². The molecule has 0 saturated carbocycles. The molecule has 0 heteroatoms. The zero-order chi connectivity index (χ0) is 8.53. The molecule has 0 bridgehead atoms. The summed E-state index contributed by atoms with van der Waals surface area (Å²) < 4.78 is 0. The maximum absolute atomic E-state index is 3.36. The summed E-state index contributed by atoms with van der Waals surface area (Å²) in [6, 6.07) is 0. The lowest BCUT2D eigenvalue weighted by Gasteiger charge is -1.98. The van der Waals surface area contributed by atoms with Crippen LogP contribution in [0, 0.1) is 0 Å². The van der Waals surface area contributed by atoms with Gasteiger partial charge in [-0.15, -0.1) is 5.73 Å². The van der Waals surface area contributed by atoms with Crippen molar-refractivity contribution in [3.63, 3.8) is 0 Å². The smallest absolute Gasteiger partial charge is 0.0247 e. The normalized spacial score (nSPS) is 9.00. The molecule has 0 fully saturated rings. The van der Waals surface area contributed by atoms with Crippen LogP contribution in [-0.2, 0) is 0 Å². The molecule has 0 aromatic heterocycles. The summed E-state index contributed by atoms with van der Waals surface area (Å²) in [6.07, 6.45) is 8.20. The van der Waals surface area contributed by atoms with E-state index in [0.717, 1.165) is 6.42 Å². The molecule has 0 aliphatic heterocycles. The minimum absolute atomic E-state index is 1.11. The van der Waals surface area contributed by atoms with Crippen molar-refractivity contribution in [2.45, 2.75) is 52.9 Å². The van der Waals surface area contributed by atoms with Crippen molar-refractivity contribution in [1.82, 2.24) is 0 Å². The summed E-state index contributed by atoms with van der Waals surface area (Å²) in [7, 11) is 0. The van der Waals surface area contributed by atoms with Gasteiger partial charge in [-0.1, -0.05) is 33.6 Å². The van der Waals surface area contributed by atoms with Crippen molar-refractivity contribution >= 4 is 0 Å². The van der Waals surface area contributed by atoms with Crippen molar-refractivity contribution in [2.24, 2.45) is 0 Å². The van der Waals surface area contributed by atoms with Gasteiger partial charge in [0.1, 0.15) is 0 Å². The van der Waals surface area contributed by atoms with Gasteiger partial charge in [-0.25, -0.2) is 0 Å². The highest BCUT2D eigenvalue weighted by molar-refractivity contribution is 5.01. The third-order valence-electron chi connectivity index (χ3n) is 1.61. The molecule has 0 aliphatic carbocycles. The molecular formula is C11H20. The van der Waals surface area contributed by atoms with Crippen LogP contribution in [-0.4, -0.2) is 0 Å². The second-order valence-electron chi connectivity index (χ2n) is 2.86. The Balaban J connectivity index is 3.96. The molecule has 0 nitrogen and oxygen atoms in total. The van der Waals surface area contributed by atoms with Crippen LogP contribution in [0.2, 0.25) is 0 Å². The third kappa shape index (κ3) is 5.94. The molecule has 0 amide bonds. The van der Waals surface area contributed by atoms with Crippen LogP contribution >= 0.6 is 0 Å². The van der Waals surface area contributed by atoms with E-state index in [1.54, 1.807) is 0 Å². The summed E-state index contributed by atoms with van der Waals surface area (Å²) in [5.74, 6) is 0. The van der Waals surface area contributed by atoms with E-state index >= 15 is 0 Å². The highest BCUT2D eigenvalue weighted by atomic mass is 14.0. The summed E-state index contributed by atoms with van der Waals surface area (Å²) in [4.78, 5) is 0. The van der Waals surface area contributed by atoms with Crippen LogP contribution in [0.3, 0.4) is 0 Å². The topological polar surface area (TPSA) is 0 Å². The standard InChI is InChI=1S/C11H20/c1-4-7-10-11(8-5-2)9-6-3/h7H,4-6,8-9H2,1-3H3. The average Bonchev–Trinajstić information content (AvgIpc) is 2.01. The van der Waals surface area contributed by atoms with E-state index in [1.165, 1.54) is 31.3 Å². The van der Waals surface area contributed by atoms with Crippen LogP contribution in [0.25, 0.3) is 0 Å². The average molecular weight is 152 g/mol. The van der Waals surface area contributed by atoms with Gasteiger partial charge in [-0.3, -0.25) is 0 Å². The van der Waals surface area contributed by atoms with Gasteiger partial charge < -0.3 is 0 Å². The molecule has 0 spiro atoms. The maximum atomic E-state index is 3.36. The van der Waals surface area contributed by atoms with Crippen molar-refractivity contribution in [3.8, 4) is 0 Å². The predicted molar refractivity (Wildman–Crippen MR) is 51.7 cm³/mol. The summed E-state index contributed by atoms with van der Waals surface area (Å²) >= 11 is 0. The van der Waals surface area contributed by atoms with Gasteiger partial charge in [0.05, 0.1) is 0 Å². The van der Waals surface area contributed by atoms with E-state index in [9.17, 15) is 0 Å². The van der Waals surface area contributed by atoms with Crippen LogP contribution < -0.4 is 0 Å². The fourth-order valence-electron chi connectivity index (χ4n) is 1.12. The molecule has 0 radical (unpaired) electrons. The van der Waals surface area contributed by atoms with E-state index in [0.29, 0.717) is 0 Å². The number of rotatable bonds is 5. The second-order valence-corrected chi connectivity index (χ2v) is 2.86. The Morgan fingerprint density at radius 1 is 1.09 bits per heavy atom. The minimum atomic E-state index is 1.11. The summed E-state index contributed by atoms with van der Waals surface area (Å²) in [5.41, 5.74) is 4.86. The SMILES string of the molecule is CCC=C=C(CCC)CCC. The molecule has 0 unspecified atom stereocenters. The van der Waals surface area contributed by atoms with E-state index < -0.39 is 0 Å². The van der Waals surface area contributed by atoms with Gasteiger partial charge in [0.15, 0.2) is 0 Å². The summed E-state index contributed by atoms with van der Waals surface area (Å²) in [5, 5.41) is 0. The van der Waals surface area contributed by atoms with E-state index in [-0.39, 0.29) is 0 Å². The molecule has 11 heavy (non-hydrogen) atoms. The quantitative estimate of drug-likeness (QED) is 0.521. The van der Waals surface area contributed by atoms with E-state index in [1.807, 2.05) is 0 Å². The van der Waals surface area contributed by atoms with Gasteiger partial charge in [-0.2, -0.15) is 0 Å². The first-order valence-electron chi connectivity index (χ1n) is 4.78. The Kier molecular flexibility index (Phi) is 7.29. The van der Waals surface area contributed by atoms with Gasteiger partial charge in [-0.05, 0) is 30.9 Å². The zero-order valence-corrected chi connectivity index (χ0v) is 8.11. The molecule has 0 heterocycles. The zero-order valence-electron chi connectivity index (χ0n) is 8.11. The fourth-order valence-corrected chi connectivity index (χ4v) is 1.12. The van der Waals surface area contributed by atoms with Crippen LogP contribution in [0.1, 0.15) is 52.9 Å². The molecule has 0 aliphatic rings.